The van der Waals surface area contributed by atoms with Gasteiger partial charge in [0, 0.05) is 36.9 Å². The van der Waals surface area contributed by atoms with Gasteiger partial charge in [-0.3, -0.25) is 9.69 Å². The van der Waals surface area contributed by atoms with Crippen LogP contribution in [0.4, 0.5) is 10.5 Å². The smallest absolute Gasteiger partial charge is 0.321 e. The normalized spacial score (nSPS) is 21.9. The van der Waals surface area contributed by atoms with E-state index in [0.29, 0.717) is 24.7 Å². The van der Waals surface area contributed by atoms with E-state index < -0.39 is 0 Å². The third-order valence-electron chi connectivity index (χ3n) is 4.62. The zero-order valence-electron chi connectivity index (χ0n) is 13.0. The van der Waals surface area contributed by atoms with Crippen molar-refractivity contribution in [1.29, 1.82) is 0 Å². The van der Waals surface area contributed by atoms with E-state index in [2.05, 4.69) is 12.2 Å². The Bertz CT molecular complexity index is 573. The van der Waals surface area contributed by atoms with E-state index in [0.717, 1.165) is 31.5 Å². The van der Waals surface area contributed by atoms with Crippen LogP contribution in [-0.2, 0) is 0 Å². The summed E-state index contributed by atoms with van der Waals surface area (Å²) in [5, 5.41) is 2.79. The van der Waals surface area contributed by atoms with Crippen molar-refractivity contribution in [2.75, 3.05) is 24.5 Å². The first-order chi connectivity index (χ1) is 10.7. The van der Waals surface area contributed by atoms with Gasteiger partial charge in [0.1, 0.15) is 0 Å². The number of likely N-dealkylation sites (tertiary alicyclic amines) is 1. The standard InChI is InChI=1S/C17H23N3O2/c1-2-14-7-3-4-10-19(14)16(21)13-6-5-8-15(12-13)20-11-9-18-17(20)22/h5-6,8,12,14H,2-4,7,9-11H2,1H3,(H,18,22). The van der Waals surface area contributed by atoms with Gasteiger partial charge in [-0.25, -0.2) is 4.79 Å². The summed E-state index contributed by atoms with van der Waals surface area (Å²) < 4.78 is 0. The maximum Gasteiger partial charge on any atom is 0.321 e. The summed E-state index contributed by atoms with van der Waals surface area (Å²) in [6.07, 6.45) is 4.38. The molecule has 0 aliphatic carbocycles. The molecule has 0 saturated carbocycles. The van der Waals surface area contributed by atoms with Crippen molar-refractivity contribution in [3.63, 3.8) is 0 Å². The number of nitrogens with zero attached hydrogens (tertiary/aromatic N) is 2. The highest BCUT2D eigenvalue weighted by Crippen LogP contribution is 2.24. The molecule has 5 heteroatoms. The number of hydrogen-bond donors (Lipinski definition) is 1. The van der Waals surface area contributed by atoms with Gasteiger partial charge in [0.05, 0.1) is 0 Å². The molecule has 5 nitrogen and oxygen atoms in total. The molecule has 1 aromatic rings. The monoisotopic (exact) mass is 301 g/mol. The summed E-state index contributed by atoms with van der Waals surface area (Å²) in [6.45, 7) is 4.28. The van der Waals surface area contributed by atoms with Crippen LogP contribution in [0.15, 0.2) is 24.3 Å². The molecular weight excluding hydrogens is 278 g/mol. The lowest BCUT2D eigenvalue weighted by atomic mass is 9.99. The topological polar surface area (TPSA) is 52.7 Å². The lowest BCUT2D eigenvalue weighted by molar-refractivity contribution is 0.0608. The Kier molecular flexibility index (Phi) is 4.32. The first-order valence-electron chi connectivity index (χ1n) is 8.17. The number of carbonyl (C=O) groups excluding carboxylic acids is 2. The summed E-state index contributed by atoms with van der Waals surface area (Å²) in [5.41, 5.74) is 1.48. The van der Waals surface area contributed by atoms with Crippen molar-refractivity contribution in [3.8, 4) is 0 Å². The fourth-order valence-electron chi connectivity index (χ4n) is 3.38. The van der Waals surface area contributed by atoms with Crippen LogP contribution in [-0.4, -0.2) is 42.5 Å². The molecule has 2 aliphatic rings. The first kappa shape index (κ1) is 14.9. The number of amides is 3. The van der Waals surface area contributed by atoms with E-state index in [-0.39, 0.29) is 11.9 Å². The Balaban J connectivity index is 1.82. The van der Waals surface area contributed by atoms with Crippen molar-refractivity contribution in [2.24, 2.45) is 0 Å². The highest BCUT2D eigenvalue weighted by atomic mass is 16.2. The maximum atomic E-state index is 12.8. The molecule has 2 fully saturated rings. The van der Waals surface area contributed by atoms with Crippen molar-refractivity contribution < 1.29 is 9.59 Å². The van der Waals surface area contributed by atoms with Gasteiger partial charge in [0.15, 0.2) is 0 Å². The minimum atomic E-state index is -0.0889. The van der Waals surface area contributed by atoms with E-state index in [1.165, 1.54) is 6.42 Å². The minimum Gasteiger partial charge on any atom is -0.336 e. The molecule has 118 valence electrons. The second kappa shape index (κ2) is 6.38. The van der Waals surface area contributed by atoms with E-state index in [4.69, 9.17) is 0 Å². The Labute approximate surface area is 131 Å². The first-order valence-corrected chi connectivity index (χ1v) is 8.17. The molecule has 1 aromatic carbocycles. The number of hydrogen-bond acceptors (Lipinski definition) is 2. The van der Waals surface area contributed by atoms with Gasteiger partial charge in [-0.1, -0.05) is 13.0 Å². The molecule has 2 aliphatic heterocycles. The molecule has 0 aromatic heterocycles. The molecule has 0 bridgehead atoms. The van der Waals surface area contributed by atoms with Gasteiger partial charge in [-0.2, -0.15) is 0 Å². The second-order valence-corrected chi connectivity index (χ2v) is 5.99. The van der Waals surface area contributed by atoms with Crippen LogP contribution in [0.1, 0.15) is 43.0 Å². The number of anilines is 1. The molecule has 0 spiro atoms. The summed E-state index contributed by atoms with van der Waals surface area (Å²) in [4.78, 5) is 28.3. The van der Waals surface area contributed by atoms with Crippen molar-refractivity contribution in [1.82, 2.24) is 10.2 Å². The SMILES string of the molecule is CCC1CCCCN1C(=O)c1cccc(N2CCNC2=O)c1. The Morgan fingerprint density at radius 2 is 2.18 bits per heavy atom. The predicted octanol–water partition coefficient (Wildman–Crippen LogP) is 2.62. The quantitative estimate of drug-likeness (QED) is 0.933. The fourth-order valence-corrected chi connectivity index (χ4v) is 3.38. The molecule has 22 heavy (non-hydrogen) atoms. The third-order valence-corrected chi connectivity index (χ3v) is 4.62. The molecule has 1 N–H and O–H groups in total. The maximum absolute atomic E-state index is 12.8. The summed E-state index contributed by atoms with van der Waals surface area (Å²) in [5.74, 6) is 0.0907. The zero-order chi connectivity index (χ0) is 15.5. The molecule has 1 unspecified atom stereocenters. The van der Waals surface area contributed by atoms with Gasteiger partial charge in [-0.15, -0.1) is 0 Å². The van der Waals surface area contributed by atoms with Gasteiger partial charge in [0.25, 0.3) is 5.91 Å². The number of nitrogens with one attached hydrogen (secondary N) is 1. The minimum absolute atomic E-state index is 0.0889. The van der Waals surface area contributed by atoms with Crippen molar-refractivity contribution >= 4 is 17.6 Å². The average molecular weight is 301 g/mol. The largest absolute Gasteiger partial charge is 0.336 e. The van der Waals surface area contributed by atoms with E-state index in [1.807, 2.05) is 29.2 Å². The summed E-state index contributed by atoms with van der Waals surface area (Å²) in [7, 11) is 0. The average Bonchev–Trinajstić information content (AvgIpc) is 3.00. The predicted molar refractivity (Wildman–Crippen MR) is 86.2 cm³/mol. The van der Waals surface area contributed by atoms with E-state index in [1.54, 1.807) is 4.90 Å². The van der Waals surface area contributed by atoms with Crippen LogP contribution in [0.3, 0.4) is 0 Å². The molecular formula is C17H23N3O2. The van der Waals surface area contributed by atoms with Crippen LogP contribution in [0.2, 0.25) is 0 Å². The van der Waals surface area contributed by atoms with Gasteiger partial charge < -0.3 is 10.2 Å². The van der Waals surface area contributed by atoms with Crippen molar-refractivity contribution in [3.05, 3.63) is 29.8 Å². The molecule has 2 saturated heterocycles. The van der Waals surface area contributed by atoms with Gasteiger partial charge in [0.2, 0.25) is 0 Å². The summed E-state index contributed by atoms with van der Waals surface area (Å²) >= 11 is 0. The molecule has 1 atom stereocenters. The van der Waals surface area contributed by atoms with Crippen LogP contribution >= 0.6 is 0 Å². The van der Waals surface area contributed by atoms with Crippen molar-refractivity contribution in [2.45, 2.75) is 38.6 Å². The molecule has 3 rings (SSSR count). The Morgan fingerprint density at radius 1 is 1.32 bits per heavy atom. The highest BCUT2D eigenvalue weighted by Gasteiger charge is 2.27. The number of benzene rings is 1. The van der Waals surface area contributed by atoms with Crippen LogP contribution in [0.25, 0.3) is 0 Å². The number of urea groups is 1. The van der Waals surface area contributed by atoms with E-state index >= 15 is 0 Å². The Hall–Kier alpha value is -2.04. The van der Waals surface area contributed by atoms with Crippen LogP contribution in [0.5, 0.6) is 0 Å². The third kappa shape index (κ3) is 2.80. The van der Waals surface area contributed by atoms with E-state index in [9.17, 15) is 9.59 Å². The van der Waals surface area contributed by atoms with Gasteiger partial charge in [-0.05, 0) is 43.9 Å². The number of piperidine rings is 1. The molecule has 3 amide bonds. The van der Waals surface area contributed by atoms with Crippen LogP contribution in [0, 0.1) is 0 Å². The summed E-state index contributed by atoms with van der Waals surface area (Å²) in [6, 6.07) is 7.69. The number of rotatable bonds is 3. The highest BCUT2D eigenvalue weighted by molar-refractivity contribution is 5.98. The Morgan fingerprint density at radius 3 is 2.91 bits per heavy atom. The molecule has 2 heterocycles. The van der Waals surface area contributed by atoms with Gasteiger partial charge >= 0.3 is 6.03 Å². The lowest BCUT2D eigenvalue weighted by Crippen LogP contribution is -2.43. The van der Waals surface area contributed by atoms with Crippen LogP contribution < -0.4 is 10.2 Å². The number of carbonyl (C=O) groups is 2. The lowest BCUT2D eigenvalue weighted by Gasteiger charge is -2.35. The fraction of sp³-hybridized carbons (Fsp3) is 0.529. The zero-order valence-corrected chi connectivity index (χ0v) is 13.0. The second-order valence-electron chi connectivity index (χ2n) is 5.99. The molecule has 0 radical (unpaired) electrons.